The summed E-state index contributed by atoms with van der Waals surface area (Å²) in [5.41, 5.74) is 1.03. The zero-order valence-corrected chi connectivity index (χ0v) is 15.1. The number of rotatable bonds is 10. The average Bonchev–Trinajstić information content (AvgIpc) is 3.25. The van der Waals surface area contributed by atoms with E-state index in [1.807, 2.05) is 36.4 Å². The Morgan fingerprint density at radius 1 is 1.00 bits per heavy atom. The molecular weight excluding hydrogens is 312 g/mol. The molecule has 0 aliphatic carbocycles. The molecule has 3 heteroatoms. The molecule has 138 valence electrons. The van der Waals surface area contributed by atoms with Crippen molar-refractivity contribution in [2.24, 2.45) is 11.8 Å². The predicted octanol–water partition coefficient (Wildman–Crippen LogP) is 4.40. The number of ether oxygens (including phenoxy) is 1. The highest BCUT2D eigenvalue weighted by molar-refractivity contribution is 5.17. The van der Waals surface area contributed by atoms with Crippen LogP contribution in [0.15, 0.2) is 42.5 Å². The molecule has 2 saturated heterocycles. The van der Waals surface area contributed by atoms with E-state index in [4.69, 9.17) is 9.84 Å². The summed E-state index contributed by atoms with van der Waals surface area (Å²) in [6.07, 6.45) is 13.4. The van der Waals surface area contributed by atoms with E-state index >= 15 is 0 Å². The molecule has 5 unspecified atom stereocenters. The Bertz CT molecular complexity index is 527. The summed E-state index contributed by atoms with van der Waals surface area (Å²) >= 11 is 0. The highest BCUT2D eigenvalue weighted by Crippen LogP contribution is 2.48. The van der Waals surface area contributed by atoms with Crippen LogP contribution in [0.25, 0.3) is 0 Å². The van der Waals surface area contributed by atoms with Gasteiger partial charge in [-0.05, 0) is 62.3 Å². The fourth-order valence-corrected chi connectivity index (χ4v) is 4.70. The molecule has 0 amide bonds. The third-order valence-electron chi connectivity index (χ3n) is 5.98. The molecule has 0 saturated carbocycles. The first-order valence-electron chi connectivity index (χ1n) is 9.94. The third-order valence-corrected chi connectivity index (χ3v) is 5.98. The minimum absolute atomic E-state index is 0.145. The number of fused-ring (bicyclic) bond motifs is 2. The summed E-state index contributed by atoms with van der Waals surface area (Å²) in [6.45, 7) is 0.145. The Labute approximate surface area is 151 Å². The fourth-order valence-electron chi connectivity index (χ4n) is 4.70. The first-order chi connectivity index (χ1) is 12.3. The molecule has 2 bridgehead atoms. The van der Waals surface area contributed by atoms with Gasteiger partial charge in [0, 0.05) is 0 Å². The van der Waals surface area contributed by atoms with E-state index in [0.717, 1.165) is 24.8 Å². The number of hydrogen-bond acceptors (Lipinski definition) is 3. The van der Waals surface area contributed by atoms with Gasteiger partial charge >= 0.3 is 0 Å². The smallest absolute Gasteiger partial charge is 0.0790 e. The van der Waals surface area contributed by atoms with Gasteiger partial charge in [-0.2, -0.15) is 0 Å². The molecule has 1 aromatic rings. The normalized spacial score (nSPS) is 29.5. The van der Waals surface area contributed by atoms with Gasteiger partial charge in [0.1, 0.15) is 0 Å². The van der Waals surface area contributed by atoms with Crippen LogP contribution in [-0.2, 0) is 4.74 Å². The molecule has 0 aromatic heterocycles. The molecule has 5 atom stereocenters. The summed E-state index contributed by atoms with van der Waals surface area (Å²) in [5.74, 6) is 1.29. The second kappa shape index (κ2) is 9.51. The number of allylic oxidation sites excluding steroid dienone is 1. The van der Waals surface area contributed by atoms with E-state index < -0.39 is 0 Å². The molecule has 3 rings (SSSR count). The standard InChI is InChI=1S/C22H32O3/c23-16-8-3-1-2-7-11-18-19(22-15-14-21(18)25-22)12-13-20(24)17-9-5-4-6-10-17/h3-6,8-10,18-24H,1-2,7,11-16H2. The maximum atomic E-state index is 10.5. The second-order valence-electron chi connectivity index (χ2n) is 7.56. The largest absolute Gasteiger partial charge is 0.392 e. The topological polar surface area (TPSA) is 49.7 Å². The van der Waals surface area contributed by atoms with Gasteiger partial charge in [-0.15, -0.1) is 0 Å². The van der Waals surface area contributed by atoms with Gasteiger partial charge in [0.05, 0.1) is 24.9 Å². The monoisotopic (exact) mass is 344 g/mol. The number of aliphatic hydroxyl groups excluding tert-OH is 2. The molecule has 25 heavy (non-hydrogen) atoms. The lowest BCUT2D eigenvalue weighted by Crippen LogP contribution is -2.27. The first-order valence-corrected chi connectivity index (χ1v) is 9.94. The van der Waals surface area contributed by atoms with Crippen LogP contribution < -0.4 is 0 Å². The van der Waals surface area contributed by atoms with Crippen molar-refractivity contribution in [3.8, 4) is 0 Å². The molecule has 2 aliphatic rings. The van der Waals surface area contributed by atoms with Gasteiger partial charge in [-0.3, -0.25) is 0 Å². The van der Waals surface area contributed by atoms with E-state index in [9.17, 15) is 5.11 Å². The van der Waals surface area contributed by atoms with E-state index in [2.05, 4.69) is 6.08 Å². The van der Waals surface area contributed by atoms with Crippen molar-refractivity contribution >= 4 is 0 Å². The molecule has 0 spiro atoms. The lowest BCUT2D eigenvalue weighted by Gasteiger charge is -2.28. The Hall–Kier alpha value is -1.16. The zero-order valence-electron chi connectivity index (χ0n) is 15.1. The Balaban J connectivity index is 1.46. The molecule has 0 radical (unpaired) electrons. The molecule has 2 fully saturated rings. The Morgan fingerprint density at radius 2 is 1.72 bits per heavy atom. The van der Waals surface area contributed by atoms with Gasteiger partial charge in [-0.1, -0.05) is 48.9 Å². The van der Waals surface area contributed by atoms with E-state index in [-0.39, 0.29) is 12.7 Å². The average molecular weight is 344 g/mol. The van der Waals surface area contributed by atoms with Crippen LogP contribution in [0.4, 0.5) is 0 Å². The van der Waals surface area contributed by atoms with Gasteiger partial charge in [-0.25, -0.2) is 0 Å². The third kappa shape index (κ3) is 4.93. The highest BCUT2D eigenvalue weighted by atomic mass is 16.5. The van der Waals surface area contributed by atoms with Crippen LogP contribution in [-0.4, -0.2) is 29.0 Å². The summed E-state index contributed by atoms with van der Waals surface area (Å²) in [7, 11) is 0. The zero-order chi connectivity index (χ0) is 17.5. The Kier molecular flexibility index (Phi) is 7.09. The number of hydrogen-bond donors (Lipinski definition) is 2. The minimum atomic E-state index is -0.357. The van der Waals surface area contributed by atoms with Crippen molar-refractivity contribution in [2.75, 3.05) is 6.61 Å². The minimum Gasteiger partial charge on any atom is -0.392 e. The number of unbranched alkanes of at least 4 members (excludes halogenated alkanes) is 2. The maximum absolute atomic E-state index is 10.5. The predicted molar refractivity (Wildman–Crippen MR) is 100 cm³/mol. The van der Waals surface area contributed by atoms with Crippen molar-refractivity contribution in [1.29, 1.82) is 0 Å². The van der Waals surface area contributed by atoms with Gasteiger partial charge in [0.2, 0.25) is 0 Å². The van der Waals surface area contributed by atoms with Crippen LogP contribution >= 0.6 is 0 Å². The van der Waals surface area contributed by atoms with Crippen LogP contribution in [0.5, 0.6) is 0 Å². The second-order valence-corrected chi connectivity index (χ2v) is 7.56. The van der Waals surface area contributed by atoms with E-state index in [0.29, 0.717) is 24.0 Å². The molecule has 2 aliphatic heterocycles. The Morgan fingerprint density at radius 3 is 2.44 bits per heavy atom. The van der Waals surface area contributed by atoms with Crippen LogP contribution in [0, 0.1) is 11.8 Å². The van der Waals surface area contributed by atoms with E-state index in [1.165, 1.54) is 32.1 Å². The van der Waals surface area contributed by atoms with Crippen LogP contribution in [0.3, 0.4) is 0 Å². The molecule has 3 nitrogen and oxygen atoms in total. The summed E-state index contributed by atoms with van der Waals surface area (Å²) in [6, 6.07) is 10.0. The van der Waals surface area contributed by atoms with Crippen LogP contribution in [0.1, 0.15) is 63.0 Å². The van der Waals surface area contributed by atoms with Gasteiger partial charge in [0.15, 0.2) is 0 Å². The van der Waals surface area contributed by atoms with Crippen molar-refractivity contribution in [1.82, 2.24) is 0 Å². The molecular formula is C22H32O3. The maximum Gasteiger partial charge on any atom is 0.0790 e. The van der Waals surface area contributed by atoms with E-state index in [1.54, 1.807) is 0 Å². The molecule has 2 N–H and O–H groups in total. The van der Waals surface area contributed by atoms with Crippen molar-refractivity contribution < 1.29 is 14.9 Å². The number of benzene rings is 1. The fraction of sp³-hybridized carbons (Fsp3) is 0.636. The van der Waals surface area contributed by atoms with Gasteiger partial charge in [0.25, 0.3) is 0 Å². The highest BCUT2D eigenvalue weighted by Gasteiger charge is 2.47. The summed E-state index contributed by atoms with van der Waals surface area (Å²) < 4.78 is 6.20. The van der Waals surface area contributed by atoms with Gasteiger partial charge < -0.3 is 14.9 Å². The lowest BCUT2D eigenvalue weighted by atomic mass is 9.74. The molecule has 2 heterocycles. The SMILES string of the molecule is OCC=CCCCCC1C2CCC(O2)C1CCC(O)c1ccccc1. The summed E-state index contributed by atoms with van der Waals surface area (Å²) in [5, 5.41) is 19.2. The lowest BCUT2D eigenvalue weighted by molar-refractivity contribution is 0.0830. The molecule has 1 aromatic carbocycles. The van der Waals surface area contributed by atoms with Crippen molar-refractivity contribution in [3.05, 3.63) is 48.0 Å². The number of aliphatic hydroxyl groups is 2. The quantitative estimate of drug-likeness (QED) is 0.488. The first kappa shape index (κ1) is 18.6. The van der Waals surface area contributed by atoms with Crippen molar-refractivity contribution in [2.45, 2.75) is 69.7 Å². The van der Waals surface area contributed by atoms with Crippen molar-refractivity contribution in [3.63, 3.8) is 0 Å². The summed E-state index contributed by atoms with van der Waals surface area (Å²) in [4.78, 5) is 0. The van der Waals surface area contributed by atoms with Crippen LogP contribution in [0.2, 0.25) is 0 Å².